The summed E-state index contributed by atoms with van der Waals surface area (Å²) in [7, 11) is -3.53. The van der Waals surface area contributed by atoms with Gasteiger partial charge in [0.05, 0.1) is 17.1 Å². The molecule has 1 aliphatic rings. The Labute approximate surface area is 178 Å². The van der Waals surface area contributed by atoms with Crippen molar-refractivity contribution in [3.63, 3.8) is 0 Å². The Morgan fingerprint density at radius 1 is 1.17 bits per heavy atom. The van der Waals surface area contributed by atoms with E-state index in [4.69, 9.17) is 4.52 Å². The molecule has 1 saturated heterocycles. The number of amides is 1. The smallest absolute Gasteiger partial charge is 0.246 e. The van der Waals surface area contributed by atoms with Crippen molar-refractivity contribution in [2.45, 2.75) is 57.3 Å². The summed E-state index contributed by atoms with van der Waals surface area (Å²) in [6.45, 7) is 8.95. The SMILES string of the molecule is Cc1ccc(S(=O)(=O)N2CCCCC2)cc1NCC(=O)Nc1cc(C(C)(C)C)no1. The molecule has 2 aromatic rings. The van der Waals surface area contributed by atoms with E-state index >= 15 is 0 Å². The van der Waals surface area contributed by atoms with Crippen LogP contribution in [-0.2, 0) is 20.2 Å². The van der Waals surface area contributed by atoms with Gasteiger partial charge in [0.2, 0.25) is 21.8 Å². The quantitative estimate of drug-likeness (QED) is 0.721. The molecule has 0 spiro atoms. The lowest BCUT2D eigenvalue weighted by Crippen LogP contribution is -2.35. The number of benzene rings is 1. The van der Waals surface area contributed by atoms with Crippen LogP contribution in [0.1, 0.15) is 51.3 Å². The third-order valence-corrected chi connectivity index (χ3v) is 7.04. The number of sulfonamides is 1. The number of carbonyl (C=O) groups excluding carboxylic acids is 1. The number of aryl methyl sites for hydroxylation is 1. The Morgan fingerprint density at radius 3 is 2.50 bits per heavy atom. The number of anilines is 2. The van der Waals surface area contributed by atoms with E-state index in [2.05, 4.69) is 15.8 Å². The first-order chi connectivity index (χ1) is 14.1. The first-order valence-electron chi connectivity index (χ1n) is 10.2. The number of nitrogens with zero attached hydrogens (tertiary/aromatic N) is 2. The Balaban J connectivity index is 1.66. The summed E-state index contributed by atoms with van der Waals surface area (Å²) in [4.78, 5) is 12.5. The topological polar surface area (TPSA) is 105 Å². The van der Waals surface area contributed by atoms with Crippen LogP contribution in [0.25, 0.3) is 0 Å². The zero-order valence-corrected chi connectivity index (χ0v) is 18.8. The average Bonchev–Trinajstić information content (AvgIpc) is 3.17. The van der Waals surface area contributed by atoms with Crippen molar-refractivity contribution >= 4 is 27.5 Å². The molecule has 2 N–H and O–H groups in total. The van der Waals surface area contributed by atoms with Crippen molar-refractivity contribution in [2.75, 3.05) is 30.3 Å². The van der Waals surface area contributed by atoms with Gasteiger partial charge in [0.15, 0.2) is 0 Å². The predicted octanol–water partition coefficient (Wildman–Crippen LogP) is 3.51. The molecule has 1 aliphatic heterocycles. The van der Waals surface area contributed by atoms with Crippen LogP contribution in [0, 0.1) is 6.92 Å². The van der Waals surface area contributed by atoms with E-state index in [1.165, 1.54) is 4.31 Å². The van der Waals surface area contributed by atoms with Crippen LogP contribution in [0.5, 0.6) is 0 Å². The Hall–Kier alpha value is -2.39. The van der Waals surface area contributed by atoms with E-state index in [-0.39, 0.29) is 28.6 Å². The fraction of sp³-hybridized carbons (Fsp3) is 0.524. The predicted molar refractivity (Wildman–Crippen MR) is 116 cm³/mol. The maximum Gasteiger partial charge on any atom is 0.246 e. The van der Waals surface area contributed by atoms with E-state index in [0.29, 0.717) is 18.8 Å². The number of hydrogen-bond donors (Lipinski definition) is 2. The monoisotopic (exact) mass is 434 g/mol. The van der Waals surface area contributed by atoms with E-state index < -0.39 is 10.0 Å². The van der Waals surface area contributed by atoms with Crippen LogP contribution in [0.3, 0.4) is 0 Å². The van der Waals surface area contributed by atoms with Gasteiger partial charge in [0.25, 0.3) is 0 Å². The third kappa shape index (κ3) is 5.20. The molecule has 1 aromatic carbocycles. The molecule has 0 atom stereocenters. The molecule has 0 radical (unpaired) electrons. The first-order valence-corrected chi connectivity index (χ1v) is 11.6. The van der Waals surface area contributed by atoms with Gasteiger partial charge >= 0.3 is 0 Å². The second-order valence-electron chi connectivity index (χ2n) is 8.67. The summed E-state index contributed by atoms with van der Waals surface area (Å²) < 4.78 is 32.5. The molecule has 164 valence electrons. The van der Waals surface area contributed by atoms with E-state index in [0.717, 1.165) is 30.5 Å². The van der Waals surface area contributed by atoms with E-state index in [1.54, 1.807) is 24.3 Å². The lowest BCUT2D eigenvalue weighted by molar-refractivity contribution is -0.114. The molecule has 0 bridgehead atoms. The summed E-state index contributed by atoms with van der Waals surface area (Å²) in [5.41, 5.74) is 2.03. The van der Waals surface area contributed by atoms with Crippen molar-refractivity contribution in [1.82, 2.24) is 9.46 Å². The molecule has 9 heteroatoms. The standard InChI is InChI=1S/C21H30N4O4S/c1-15-8-9-16(30(27,28)25-10-6-5-7-11-25)12-17(15)22-14-19(26)23-20-13-18(24-29-20)21(2,3)4/h8-9,12-13,22H,5-7,10-11,14H2,1-4H3,(H,23,26). The molecule has 1 fully saturated rings. The highest BCUT2D eigenvalue weighted by Gasteiger charge is 2.26. The van der Waals surface area contributed by atoms with Crippen LogP contribution in [0.15, 0.2) is 33.7 Å². The van der Waals surface area contributed by atoms with Crippen LogP contribution >= 0.6 is 0 Å². The molecule has 8 nitrogen and oxygen atoms in total. The van der Waals surface area contributed by atoms with Crippen LogP contribution in [0.4, 0.5) is 11.6 Å². The van der Waals surface area contributed by atoms with Crippen LogP contribution in [0.2, 0.25) is 0 Å². The third-order valence-electron chi connectivity index (χ3n) is 5.14. The second kappa shape index (κ2) is 8.77. The average molecular weight is 435 g/mol. The van der Waals surface area contributed by atoms with Gasteiger partial charge in [0.1, 0.15) is 0 Å². The highest BCUT2D eigenvalue weighted by Crippen LogP contribution is 2.26. The summed E-state index contributed by atoms with van der Waals surface area (Å²) in [6, 6.07) is 6.67. The van der Waals surface area contributed by atoms with Gasteiger partial charge in [-0.05, 0) is 37.5 Å². The van der Waals surface area contributed by atoms with E-state index in [9.17, 15) is 13.2 Å². The highest BCUT2D eigenvalue weighted by atomic mass is 32.2. The molecule has 2 heterocycles. The molecule has 30 heavy (non-hydrogen) atoms. The summed E-state index contributed by atoms with van der Waals surface area (Å²) in [5, 5.41) is 9.67. The van der Waals surface area contributed by atoms with Gasteiger partial charge in [0, 0.05) is 30.3 Å². The molecule has 0 unspecified atom stereocenters. The van der Waals surface area contributed by atoms with Gasteiger partial charge in [-0.3, -0.25) is 10.1 Å². The van der Waals surface area contributed by atoms with E-state index in [1.807, 2.05) is 27.7 Å². The normalized spacial score (nSPS) is 15.7. The molecule has 1 amide bonds. The minimum atomic E-state index is -3.53. The molecule has 1 aromatic heterocycles. The fourth-order valence-corrected chi connectivity index (χ4v) is 4.79. The Bertz CT molecular complexity index is 1000. The molecule has 0 aliphatic carbocycles. The minimum Gasteiger partial charge on any atom is -0.376 e. The molecule has 3 rings (SSSR count). The maximum atomic E-state index is 12.9. The van der Waals surface area contributed by atoms with Crippen molar-refractivity contribution in [3.8, 4) is 0 Å². The van der Waals surface area contributed by atoms with Gasteiger partial charge in [-0.25, -0.2) is 8.42 Å². The summed E-state index contributed by atoms with van der Waals surface area (Å²) in [6.07, 6.45) is 2.83. The first kappa shape index (κ1) is 22.3. The number of piperidine rings is 1. The minimum absolute atomic E-state index is 0.0282. The number of nitrogens with one attached hydrogen (secondary N) is 2. The van der Waals surface area contributed by atoms with Crippen LogP contribution < -0.4 is 10.6 Å². The molecular weight excluding hydrogens is 404 g/mol. The second-order valence-corrected chi connectivity index (χ2v) is 10.6. The largest absolute Gasteiger partial charge is 0.376 e. The highest BCUT2D eigenvalue weighted by molar-refractivity contribution is 7.89. The summed E-state index contributed by atoms with van der Waals surface area (Å²) in [5.74, 6) is -0.0276. The van der Waals surface area contributed by atoms with Gasteiger partial charge in [-0.2, -0.15) is 4.31 Å². The maximum absolute atomic E-state index is 12.9. The Morgan fingerprint density at radius 2 is 1.87 bits per heavy atom. The number of hydrogen-bond acceptors (Lipinski definition) is 6. The van der Waals surface area contributed by atoms with Crippen LogP contribution in [-0.4, -0.2) is 43.4 Å². The zero-order chi connectivity index (χ0) is 21.9. The van der Waals surface area contributed by atoms with Crippen molar-refractivity contribution in [2.24, 2.45) is 0 Å². The van der Waals surface area contributed by atoms with Crippen molar-refractivity contribution in [1.29, 1.82) is 0 Å². The van der Waals surface area contributed by atoms with Gasteiger partial charge in [-0.15, -0.1) is 0 Å². The van der Waals surface area contributed by atoms with Gasteiger partial charge < -0.3 is 9.84 Å². The lowest BCUT2D eigenvalue weighted by Gasteiger charge is -2.26. The number of aromatic nitrogens is 1. The lowest BCUT2D eigenvalue weighted by atomic mass is 9.92. The van der Waals surface area contributed by atoms with Crippen molar-refractivity contribution < 1.29 is 17.7 Å². The van der Waals surface area contributed by atoms with Crippen molar-refractivity contribution in [3.05, 3.63) is 35.5 Å². The molecule has 0 saturated carbocycles. The zero-order valence-electron chi connectivity index (χ0n) is 18.0. The van der Waals surface area contributed by atoms with Gasteiger partial charge in [-0.1, -0.05) is 38.4 Å². The molecular formula is C21H30N4O4S. The summed E-state index contributed by atoms with van der Waals surface area (Å²) >= 11 is 0. The fourth-order valence-electron chi connectivity index (χ4n) is 3.25. The Kier molecular flexibility index (Phi) is 6.52. The number of rotatable bonds is 6. The number of carbonyl (C=O) groups is 1.